The summed E-state index contributed by atoms with van der Waals surface area (Å²) in [6.45, 7) is 7.99. The van der Waals surface area contributed by atoms with E-state index in [4.69, 9.17) is 0 Å². The molecule has 1 heterocycles. The monoisotopic (exact) mass is 408 g/mol. The summed E-state index contributed by atoms with van der Waals surface area (Å²) >= 11 is 0. The first-order valence-corrected chi connectivity index (χ1v) is 9.80. The second-order valence-corrected chi connectivity index (χ2v) is 7.15. The minimum atomic E-state index is -0.315. The van der Waals surface area contributed by atoms with Gasteiger partial charge in [-0.1, -0.05) is 6.07 Å². The molecule has 0 fully saturated rings. The number of aryl methyl sites for hydroxylation is 2. The molecule has 1 aromatic heterocycles. The first-order chi connectivity index (χ1) is 14.3. The van der Waals surface area contributed by atoms with E-state index in [9.17, 15) is 14.0 Å². The highest BCUT2D eigenvalue weighted by Crippen LogP contribution is 2.21. The predicted molar refractivity (Wildman–Crippen MR) is 115 cm³/mol. The van der Waals surface area contributed by atoms with E-state index in [1.165, 1.54) is 12.1 Å². The van der Waals surface area contributed by atoms with Crippen LogP contribution < -0.4 is 10.6 Å². The second-order valence-electron chi connectivity index (χ2n) is 7.15. The number of aromatic nitrogens is 2. The van der Waals surface area contributed by atoms with Crippen LogP contribution in [0, 0.1) is 26.6 Å². The van der Waals surface area contributed by atoms with Gasteiger partial charge in [-0.2, -0.15) is 5.10 Å². The summed E-state index contributed by atoms with van der Waals surface area (Å²) in [5, 5.41) is 10.2. The van der Waals surface area contributed by atoms with Gasteiger partial charge in [-0.3, -0.25) is 9.59 Å². The molecule has 7 heteroatoms. The number of amides is 2. The van der Waals surface area contributed by atoms with Crippen molar-refractivity contribution >= 4 is 17.5 Å². The molecule has 3 aromatic rings. The first-order valence-electron chi connectivity index (χ1n) is 9.80. The Labute approximate surface area is 175 Å². The summed E-state index contributed by atoms with van der Waals surface area (Å²) in [4.78, 5) is 24.8. The average molecular weight is 408 g/mol. The van der Waals surface area contributed by atoms with E-state index in [2.05, 4.69) is 15.7 Å². The highest BCUT2D eigenvalue weighted by atomic mass is 19.1. The summed E-state index contributed by atoms with van der Waals surface area (Å²) in [7, 11) is 0. The van der Waals surface area contributed by atoms with Crippen LogP contribution in [0.25, 0.3) is 5.69 Å². The normalized spacial score (nSPS) is 10.7. The molecule has 0 radical (unpaired) electrons. The zero-order valence-corrected chi connectivity index (χ0v) is 17.5. The van der Waals surface area contributed by atoms with Crippen molar-refractivity contribution in [3.05, 3.63) is 76.4 Å². The molecular weight excluding hydrogens is 383 g/mol. The number of carbonyl (C=O) groups is 2. The molecule has 0 saturated heterocycles. The van der Waals surface area contributed by atoms with Gasteiger partial charge in [0, 0.05) is 29.1 Å². The van der Waals surface area contributed by atoms with Crippen LogP contribution in [0.4, 0.5) is 10.1 Å². The van der Waals surface area contributed by atoms with E-state index in [-0.39, 0.29) is 24.1 Å². The van der Waals surface area contributed by atoms with E-state index in [1.54, 1.807) is 28.9 Å². The highest BCUT2D eigenvalue weighted by Gasteiger charge is 2.17. The molecular formula is C23H25FN4O2. The summed E-state index contributed by atoms with van der Waals surface area (Å²) in [6.07, 6.45) is 0.143. The zero-order valence-electron chi connectivity index (χ0n) is 17.5. The fraction of sp³-hybridized carbons (Fsp3) is 0.261. The molecule has 0 atom stereocenters. The van der Waals surface area contributed by atoms with Crippen molar-refractivity contribution in [1.82, 2.24) is 15.1 Å². The number of hydrogen-bond donors (Lipinski definition) is 2. The van der Waals surface area contributed by atoms with Crippen molar-refractivity contribution in [3.63, 3.8) is 0 Å². The van der Waals surface area contributed by atoms with E-state index < -0.39 is 0 Å². The molecule has 0 aliphatic heterocycles. The molecule has 0 spiro atoms. The molecule has 0 bridgehead atoms. The smallest absolute Gasteiger partial charge is 0.251 e. The van der Waals surface area contributed by atoms with Gasteiger partial charge in [0.15, 0.2) is 0 Å². The van der Waals surface area contributed by atoms with Gasteiger partial charge in [-0.25, -0.2) is 9.07 Å². The van der Waals surface area contributed by atoms with Gasteiger partial charge >= 0.3 is 0 Å². The summed E-state index contributed by atoms with van der Waals surface area (Å²) in [5.74, 6) is -0.693. The lowest BCUT2D eigenvalue weighted by Gasteiger charge is -2.11. The Morgan fingerprint density at radius 3 is 2.43 bits per heavy atom. The average Bonchev–Trinajstić information content (AvgIpc) is 2.98. The number of benzene rings is 2. The molecule has 2 N–H and O–H groups in total. The van der Waals surface area contributed by atoms with Crippen molar-refractivity contribution < 1.29 is 14.0 Å². The molecule has 156 valence electrons. The Morgan fingerprint density at radius 2 is 1.77 bits per heavy atom. The van der Waals surface area contributed by atoms with Crippen molar-refractivity contribution in [1.29, 1.82) is 0 Å². The molecule has 2 amide bonds. The number of rotatable bonds is 6. The zero-order chi connectivity index (χ0) is 21.8. The van der Waals surface area contributed by atoms with E-state index >= 15 is 0 Å². The van der Waals surface area contributed by atoms with Gasteiger partial charge < -0.3 is 10.6 Å². The Balaban J connectivity index is 1.79. The van der Waals surface area contributed by atoms with Crippen molar-refractivity contribution in [3.8, 4) is 5.69 Å². The van der Waals surface area contributed by atoms with Crippen LogP contribution in [-0.2, 0) is 11.2 Å². The van der Waals surface area contributed by atoms with Crippen molar-refractivity contribution in [2.45, 2.75) is 34.1 Å². The van der Waals surface area contributed by atoms with E-state index in [1.807, 2.05) is 33.8 Å². The number of halogens is 1. The quantitative estimate of drug-likeness (QED) is 0.650. The van der Waals surface area contributed by atoms with Crippen LogP contribution in [0.3, 0.4) is 0 Å². The van der Waals surface area contributed by atoms with Crippen molar-refractivity contribution in [2.24, 2.45) is 0 Å². The largest absolute Gasteiger partial charge is 0.352 e. The SMILES string of the molecule is CCNC(=O)c1ccc(C)c(NC(=O)Cc2c(C)nn(-c3ccc(F)cc3)c2C)c1. The Kier molecular flexibility index (Phi) is 6.30. The molecule has 0 unspecified atom stereocenters. The Morgan fingerprint density at radius 1 is 1.07 bits per heavy atom. The standard InChI is InChI=1S/C23H25FN4O2/c1-5-25-23(30)17-7-6-14(2)21(12-17)26-22(29)13-20-15(3)27-28(16(20)4)19-10-8-18(24)9-11-19/h6-12H,5,13H2,1-4H3,(H,25,30)(H,26,29). The van der Waals surface area contributed by atoms with Crippen LogP contribution in [0.2, 0.25) is 0 Å². The highest BCUT2D eigenvalue weighted by molar-refractivity contribution is 5.98. The molecule has 0 saturated carbocycles. The lowest BCUT2D eigenvalue weighted by atomic mass is 10.1. The molecule has 2 aromatic carbocycles. The van der Waals surface area contributed by atoms with Crippen LogP contribution in [0.1, 0.15) is 39.8 Å². The van der Waals surface area contributed by atoms with E-state index in [0.717, 1.165) is 28.2 Å². The van der Waals surface area contributed by atoms with Gasteiger partial charge in [0.1, 0.15) is 5.82 Å². The number of anilines is 1. The number of hydrogen-bond acceptors (Lipinski definition) is 3. The van der Waals surface area contributed by atoms with Gasteiger partial charge in [-0.15, -0.1) is 0 Å². The number of nitrogens with one attached hydrogen (secondary N) is 2. The minimum Gasteiger partial charge on any atom is -0.352 e. The molecule has 30 heavy (non-hydrogen) atoms. The third-order valence-electron chi connectivity index (χ3n) is 4.96. The molecule has 3 rings (SSSR count). The van der Waals surface area contributed by atoms with Gasteiger partial charge in [-0.05, 0) is 69.7 Å². The minimum absolute atomic E-state index is 0.143. The summed E-state index contributed by atoms with van der Waals surface area (Å²) in [5.41, 5.74) is 5.07. The fourth-order valence-corrected chi connectivity index (χ4v) is 3.28. The fourth-order valence-electron chi connectivity index (χ4n) is 3.28. The van der Waals surface area contributed by atoms with E-state index in [0.29, 0.717) is 17.8 Å². The van der Waals surface area contributed by atoms with Gasteiger partial charge in [0.25, 0.3) is 5.91 Å². The lowest BCUT2D eigenvalue weighted by Crippen LogP contribution is -2.23. The third-order valence-corrected chi connectivity index (χ3v) is 4.96. The first kappa shape index (κ1) is 21.2. The van der Waals surface area contributed by atoms with Crippen molar-refractivity contribution in [2.75, 3.05) is 11.9 Å². The Hall–Kier alpha value is -3.48. The topological polar surface area (TPSA) is 76.0 Å². The summed E-state index contributed by atoms with van der Waals surface area (Å²) in [6, 6.07) is 11.3. The maximum Gasteiger partial charge on any atom is 0.251 e. The maximum atomic E-state index is 13.2. The van der Waals surface area contributed by atoms with Crippen LogP contribution >= 0.6 is 0 Å². The summed E-state index contributed by atoms with van der Waals surface area (Å²) < 4.78 is 14.9. The van der Waals surface area contributed by atoms with Crippen LogP contribution in [0.5, 0.6) is 0 Å². The third kappa shape index (κ3) is 4.56. The van der Waals surface area contributed by atoms with Crippen LogP contribution in [-0.4, -0.2) is 28.1 Å². The molecule has 0 aliphatic rings. The molecule has 0 aliphatic carbocycles. The Bertz CT molecular complexity index is 1090. The predicted octanol–water partition coefficient (Wildman–Crippen LogP) is 3.87. The maximum absolute atomic E-state index is 13.2. The lowest BCUT2D eigenvalue weighted by molar-refractivity contribution is -0.115. The van der Waals surface area contributed by atoms with Crippen LogP contribution in [0.15, 0.2) is 42.5 Å². The molecule has 6 nitrogen and oxygen atoms in total. The van der Waals surface area contributed by atoms with Gasteiger partial charge in [0.2, 0.25) is 5.91 Å². The number of nitrogens with zero attached hydrogens (tertiary/aromatic N) is 2. The van der Waals surface area contributed by atoms with Gasteiger partial charge in [0.05, 0.1) is 17.8 Å². The second kappa shape index (κ2) is 8.90. The number of carbonyl (C=O) groups excluding carboxylic acids is 2.